The van der Waals surface area contributed by atoms with E-state index in [4.69, 9.17) is 0 Å². The predicted octanol–water partition coefficient (Wildman–Crippen LogP) is 3.77. The van der Waals surface area contributed by atoms with Gasteiger partial charge in [-0.2, -0.15) is 0 Å². The number of hydrogen-bond donors (Lipinski definition) is 1. The van der Waals surface area contributed by atoms with E-state index in [1.165, 1.54) is 0 Å². The average Bonchev–Trinajstić information content (AvgIpc) is 2.51. The first kappa shape index (κ1) is 15.1. The standard InChI is InChI=1S/C18H21NO2/c1-2-3-13-19(16-10-5-4-6-11-16)18(21)14-15-9-7-8-12-17(15)20/h4-12,20H,2-3,13-14H2,1H3. The van der Waals surface area contributed by atoms with Crippen LogP contribution in [0.1, 0.15) is 25.3 Å². The molecule has 2 aromatic carbocycles. The summed E-state index contributed by atoms with van der Waals surface area (Å²) in [6, 6.07) is 16.7. The van der Waals surface area contributed by atoms with Crippen molar-refractivity contribution in [3.05, 3.63) is 60.2 Å². The maximum atomic E-state index is 12.6. The summed E-state index contributed by atoms with van der Waals surface area (Å²) in [5.41, 5.74) is 1.58. The molecular formula is C18H21NO2. The second-order valence-electron chi connectivity index (χ2n) is 5.04. The topological polar surface area (TPSA) is 40.5 Å². The van der Waals surface area contributed by atoms with E-state index in [1.54, 1.807) is 23.1 Å². The number of nitrogens with zero attached hydrogens (tertiary/aromatic N) is 1. The van der Waals surface area contributed by atoms with Gasteiger partial charge in [-0.1, -0.05) is 49.7 Å². The molecule has 0 aliphatic heterocycles. The highest BCUT2D eigenvalue weighted by molar-refractivity contribution is 5.95. The van der Waals surface area contributed by atoms with Crippen molar-refractivity contribution in [3.8, 4) is 5.75 Å². The Hall–Kier alpha value is -2.29. The van der Waals surface area contributed by atoms with Crippen molar-refractivity contribution in [1.29, 1.82) is 0 Å². The lowest BCUT2D eigenvalue weighted by atomic mass is 10.1. The summed E-state index contributed by atoms with van der Waals surface area (Å²) in [4.78, 5) is 14.4. The van der Waals surface area contributed by atoms with Gasteiger partial charge >= 0.3 is 0 Å². The quantitative estimate of drug-likeness (QED) is 0.876. The fraction of sp³-hybridized carbons (Fsp3) is 0.278. The molecular weight excluding hydrogens is 262 g/mol. The van der Waals surface area contributed by atoms with Crippen LogP contribution in [0.25, 0.3) is 0 Å². The van der Waals surface area contributed by atoms with Crippen LogP contribution < -0.4 is 4.90 Å². The number of rotatable bonds is 6. The summed E-state index contributed by atoms with van der Waals surface area (Å²) in [5.74, 6) is 0.186. The first-order valence-electron chi connectivity index (χ1n) is 7.34. The minimum atomic E-state index is 0.0103. The zero-order valence-corrected chi connectivity index (χ0v) is 12.3. The maximum absolute atomic E-state index is 12.6. The van der Waals surface area contributed by atoms with Gasteiger partial charge in [-0.15, -0.1) is 0 Å². The molecule has 0 fully saturated rings. The molecule has 1 N–H and O–H groups in total. The molecule has 110 valence electrons. The van der Waals surface area contributed by atoms with E-state index in [0.717, 1.165) is 18.5 Å². The number of amides is 1. The summed E-state index contributed by atoms with van der Waals surface area (Å²) in [7, 11) is 0. The molecule has 2 rings (SSSR count). The highest BCUT2D eigenvalue weighted by Gasteiger charge is 2.16. The minimum Gasteiger partial charge on any atom is -0.508 e. The predicted molar refractivity (Wildman–Crippen MR) is 85.5 cm³/mol. The van der Waals surface area contributed by atoms with Crippen molar-refractivity contribution in [1.82, 2.24) is 0 Å². The first-order chi connectivity index (χ1) is 10.2. The highest BCUT2D eigenvalue weighted by atomic mass is 16.3. The Kier molecular flexibility index (Phi) is 5.38. The Morgan fingerprint density at radius 1 is 1.05 bits per heavy atom. The lowest BCUT2D eigenvalue weighted by molar-refractivity contribution is -0.118. The summed E-state index contributed by atoms with van der Waals surface area (Å²) in [6.45, 7) is 2.81. The molecule has 3 heteroatoms. The normalized spacial score (nSPS) is 10.3. The fourth-order valence-corrected chi connectivity index (χ4v) is 2.24. The highest BCUT2D eigenvalue weighted by Crippen LogP contribution is 2.20. The molecule has 0 bridgehead atoms. The van der Waals surface area contributed by atoms with Crippen LogP contribution in [0.4, 0.5) is 5.69 Å². The maximum Gasteiger partial charge on any atom is 0.231 e. The van der Waals surface area contributed by atoms with E-state index >= 15 is 0 Å². The smallest absolute Gasteiger partial charge is 0.231 e. The van der Waals surface area contributed by atoms with Crippen LogP contribution in [0.2, 0.25) is 0 Å². The van der Waals surface area contributed by atoms with Gasteiger partial charge < -0.3 is 10.0 Å². The number of hydrogen-bond acceptors (Lipinski definition) is 2. The first-order valence-corrected chi connectivity index (χ1v) is 7.34. The minimum absolute atomic E-state index is 0.0103. The second kappa shape index (κ2) is 7.48. The van der Waals surface area contributed by atoms with Crippen molar-refractivity contribution < 1.29 is 9.90 Å². The van der Waals surface area contributed by atoms with E-state index < -0.39 is 0 Å². The molecule has 2 aromatic rings. The van der Waals surface area contributed by atoms with Crippen LogP contribution in [-0.2, 0) is 11.2 Å². The van der Waals surface area contributed by atoms with E-state index in [1.807, 2.05) is 36.4 Å². The Balaban J connectivity index is 2.17. The number of unbranched alkanes of at least 4 members (excludes halogenated alkanes) is 1. The van der Waals surface area contributed by atoms with Gasteiger partial charge in [0.25, 0.3) is 0 Å². The van der Waals surface area contributed by atoms with Crippen LogP contribution in [0, 0.1) is 0 Å². The Bertz CT molecular complexity index is 581. The number of aromatic hydroxyl groups is 1. The van der Waals surface area contributed by atoms with Crippen LogP contribution >= 0.6 is 0 Å². The van der Waals surface area contributed by atoms with Crippen LogP contribution in [0.15, 0.2) is 54.6 Å². The average molecular weight is 283 g/mol. The molecule has 0 aliphatic rings. The molecule has 0 radical (unpaired) electrons. The van der Waals surface area contributed by atoms with E-state index in [2.05, 4.69) is 6.92 Å². The van der Waals surface area contributed by atoms with Gasteiger partial charge in [0.15, 0.2) is 0 Å². The summed E-state index contributed by atoms with van der Waals surface area (Å²) in [6.07, 6.45) is 2.21. The van der Waals surface area contributed by atoms with E-state index in [-0.39, 0.29) is 18.1 Å². The number of anilines is 1. The van der Waals surface area contributed by atoms with Crippen molar-refractivity contribution in [2.45, 2.75) is 26.2 Å². The number of carbonyl (C=O) groups excluding carboxylic acids is 1. The number of benzene rings is 2. The number of phenols is 1. The van der Waals surface area contributed by atoms with Gasteiger partial charge in [0.2, 0.25) is 5.91 Å². The summed E-state index contributed by atoms with van der Waals surface area (Å²) >= 11 is 0. The molecule has 0 saturated heterocycles. The molecule has 21 heavy (non-hydrogen) atoms. The van der Waals surface area contributed by atoms with Crippen molar-refractivity contribution in [2.24, 2.45) is 0 Å². The van der Waals surface area contributed by atoms with Gasteiger partial charge in [0, 0.05) is 17.8 Å². The molecule has 0 unspecified atom stereocenters. The van der Waals surface area contributed by atoms with Gasteiger partial charge in [0.05, 0.1) is 6.42 Å². The lowest BCUT2D eigenvalue weighted by Crippen LogP contribution is -2.33. The van der Waals surface area contributed by atoms with Crippen LogP contribution in [0.5, 0.6) is 5.75 Å². The Morgan fingerprint density at radius 3 is 2.38 bits per heavy atom. The van der Waals surface area contributed by atoms with Gasteiger partial charge in [-0.3, -0.25) is 4.79 Å². The van der Waals surface area contributed by atoms with Gasteiger partial charge in [-0.05, 0) is 24.6 Å². The summed E-state index contributed by atoms with van der Waals surface area (Å²) < 4.78 is 0. The molecule has 0 atom stereocenters. The van der Waals surface area contributed by atoms with Crippen molar-refractivity contribution in [2.75, 3.05) is 11.4 Å². The fourth-order valence-electron chi connectivity index (χ4n) is 2.24. The Morgan fingerprint density at radius 2 is 1.71 bits per heavy atom. The van der Waals surface area contributed by atoms with E-state index in [0.29, 0.717) is 12.1 Å². The molecule has 0 aliphatic carbocycles. The zero-order valence-electron chi connectivity index (χ0n) is 12.3. The second-order valence-corrected chi connectivity index (χ2v) is 5.04. The number of carbonyl (C=O) groups is 1. The van der Waals surface area contributed by atoms with E-state index in [9.17, 15) is 9.90 Å². The monoisotopic (exact) mass is 283 g/mol. The zero-order chi connectivity index (χ0) is 15.1. The van der Waals surface area contributed by atoms with Crippen molar-refractivity contribution in [3.63, 3.8) is 0 Å². The third-order valence-electron chi connectivity index (χ3n) is 3.44. The molecule has 1 amide bonds. The largest absolute Gasteiger partial charge is 0.508 e. The Labute approximate surface area is 125 Å². The molecule has 3 nitrogen and oxygen atoms in total. The van der Waals surface area contributed by atoms with Crippen LogP contribution in [0.3, 0.4) is 0 Å². The molecule has 0 heterocycles. The molecule has 0 spiro atoms. The number of phenolic OH excluding ortho intramolecular Hbond substituents is 1. The van der Waals surface area contributed by atoms with Crippen LogP contribution in [-0.4, -0.2) is 17.6 Å². The number of para-hydroxylation sites is 2. The van der Waals surface area contributed by atoms with Gasteiger partial charge in [0.1, 0.15) is 5.75 Å². The third-order valence-corrected chi connectivity index (χ3v) is 3.44. The van der Waals surface area contributed by atoms with Gasteiger partial charge in [-0.25, -0.2) is 0 Å². The SMILES string of the molecule is CCCCN(C(=O)Cc1ccccc1O)c1ccccc1. The molecule has 0 saturated carbocycles. The lowest BCUT2D eigenvalue weighted by Gasteiger charge is -2.23. The molecule has 0 aromatic heterocycles. The third kappa shape index (κ3) is 4.09. The van der Waals surface area contributed by atoms with Crippen molar-refractivity contribution >= 4 is 11.6 Å². The summed E-state index contributed by atoms with van der Waals surface area (Å²) in [5, 5.41) is 9.82.